The number of aromatic nitrogens is 3. The molecule has 0 aromatic carbocycles. The summed E-state index contributed by atoms with van der Waals surface area (Å²) in [7, 11) is 0. The smallest absolute Gasteiger partial charge is 0.231 e. The Bertz CT molecular complexity index is 368. The van der Waals surface area contributed by atoms with Gasteiger partial charge < -0.3 is 10.0 Å². The minimum Gasteiger partial charge on any atom is -0.396 e. The number of anilines is 1. The lowest BCUT2D eigenvalue weighted by Gasteiger charge is -2.35. The van der Waals surface area contributed by atoms with Crippen LogP contribution in [0.15, 0.2) is 0 Å². The van der Waals surface area contributed by atoms with E-state index in [0.29, 0.717) is 12.4 Å². The summed E-state index contributed by atoms with van der Waals surface area (Å²) in [5.41, 5.74) is 0. The van der Waals surface area contributed by atoms with Crippen molar-refractivity contribution < 1.29 is 5.11 Å². The zero-order chi connectivity index (χ0) is 12.3. The molecule has 1 fully saturated rings. The summed E-state index contributed by atoms with van der Waals surface area (Å²) in [6, 6.07) is 0.253. The number of halogens is 2. The maximum absolute atomic E-state index is 9.06. The van der Waals surface area contributed by atoms with Gasteiger partial charge in [-0.3, -0.25) is 0 Å². The van der Waals surface area contributed by atoms with Gasteiger partial charge >= 0.3 is 0 Å². The third kappa shape index (κ3) is 3.18. The molecule has 0 radical (unpaired) electrons. The van der Waals surface area contributed by atoms with Gasteiger partial charge in [-0.05, 0) is 48.9 Å². The Morgan fingerprint density at radius 3 is 2.53 bits per heavy atom. The maximum Gasteiger partial charge on any atom is 0.231 e. The molecule has 1 aliphatic rings. The van der Waals surface area contributed by atoms with Crippen molar-refractivity contribution >= 4 is 29.2 Å². The largest absolute Gasteiger partial charge is 0.396 e. The third-order valence-corrected chi connectivity index (χ3v) is 3.25. The van der Waals surface area contributed by atoms with Crippen molar-refractivity contribution in [1.29, 1.82) is 0 Å². The van der Waals surface area contributed by atoms with E-state index in [0.717, 1.165) is 25.8 Å². The van der Waals surface area contributed by atoms with E-state index in [1.807, 2.05) is 0 Å². The van der Waals surface area contributed by atoms with Gasteiger partial charge in [0.25, 0.3) is 0 Å². The Balaban J connectivity index is 2.22. The Morgan fingerprint density at radius 2 is 1.88 bits per heavy atom. The van der Waals surface area contributed by atoms with Crippen LogP contribution in [0.3, 0.4) is 0 Å². The average molecular weight is 277 g/mol. The van der Waals surface area contributed by atoms with Crippen LogP contribution in [0.1, 0.15) is 25.7 Å². The molecule has 0 aliphatic carbocycles. The number of aliphatic hydroxyl groups is 1. The zero-order valence-electron chi connectivity index (χ0n) is 9.31. The molecule has 0 amide bonds. The zero-order valence-corrected chi connectivity index (χ0v) is 10.8. The Hall–Kier alpha value is -0.650. The fraction of sp³-hybridized carbons (Fsp3) is 0.700. The van der Waals surface area contributed by atoms with E-state index in [1.54, 1.807) is 0 Å². The normalized spacial score (nSPS) is 20.6. The fourth-order valence-electron chi connectivity index (χ4n) is 2.16. The van der Waals surface area contributed by atoms with Crippen molar-refractivity contribution in [3.63, 3.8) is 0 Å². The quantitative estimate of drug-likeness (QED) is 0.914. The van der Waals surface area contributed by atoms with Crippen LogP contribution in [0, 0.1) is 0 Å². The van der Waals surface area contributed by atoms with Crippen molar-refractivity contribution in [3.8, 4) is 0 Å². The second-order valence-electron chi connectivity index (χ2n) is 4.03. The summed E-state index contributed by atoms with van der Waals surface area (Å²) in [6.45, 7) is 1.02. The molecule has 1 aromatic rings. The molecule has 17 heavy (non-hydrogen) atoms. The van der Waals surface area contributed by atoms with Gasteiger partial charge in [-0.15, -0.1) is 0 Å². The van der Waals surface area contributed by atoms with Crippen LogP contribution in [0.25, 0.3) is 0 Å². The van der Waals surface area contributed by atoms with Crippen LogP contribution in [-0.4, -0.2) is 39.3 Å². The molecule has 1 unspecified atom stereocenters. The van der Waals surface area contributed by atoms with Gasteiger partial charge in [-0.1, -0.05) is 0 Å². The summed E-state index contributed by atoms with van der Waals surface area (Å²) in [4.78, 5) is 14.0. The fourth-order valence-corrected chi connectivity index (χ4v) is 2.51. The van der Waals surface area contributed by atoms with Gasteiger partial charge in [0.2, 0.25) is 16.5 Å². The topological polar surface area (TPSA) is 62.1 Å². The van der Waals surface area contributed by atoms with Crippen molar-refractivity contribution in [2.75, 3.05) is 18.1 Å². The summed E-state index contributed by atoms with van der Waals surface area (Å²) < 4.78 is 0. The molecular formula is C10H14Cl2N4O. The molecule has 1 saturated heterocycles. The predicted octanol–water partition coefficient (Wildman–Crippen LogP) is 1.92. The van der Waals surface area contributed by atoms with Gasteiger partial charge in [-0.2, -0.15) is 15.0 Å². The van der Waals surface area contributed by atoms with E-state index in [-0.39, 0.29) is 23.2 Å². The summed E-state index contributed by atoms with van der Waals surface area (Å²) in [6.07, 6.45) is 3.99. The van der Waals surface area contributed by atoms with Gasteiger partial charge in [0.05, 0.1) is 0 Å². The van der Waals surface area contributed by atoms with Crippen LogP contribution >= 0.6 is 23.2 Å². The highest BCUT2D eigenvalue weighted by Crippen LogP contribution is 2.24. The molecule has 5 nitrogen and oxygen atoms in total. The first-order valence-electron chi connectivity index (χ1n) is 5.65. The first kappa shape index (κ1) is 12.8. The lowest BCUT2D eigenvalue weighted by molar-refractivity contribution is 0.261. The van der Waals surface area contributed by atoms with E-state index in [1.165, 1.54) is 0 Å². The molecule has 0 bridgehead atoms. The summed E-state index contributed by atoms with van der Waals surface area (Å²) >= 11 is 11.5. The van der Waals surface area contributed by atoms with Crippen molar-refractivity contribution in [2.45, 2.75) is 31.7 Å². The Morgan fingerprint density at radius 1 is 1.18 bits per heavy atom. The van der Waals surface area contributed by atoms with E-state index in [9.17, 15) is 0 Å². The van der Waals surface area contributed by atoms with E-state index in [2.05, 4.69) is 19.9 Å². The third-order valence-electron chi connectivity index (χ3n) is 2.92. The van der Waals surface area contributed by atoms with Crippen LogP contribution < -0.4 is 4.90 Å². The van der Waals surface area contributed by atoms with E-state index in [4.69, 9.17) is 28.3 Å². The number of rotatable bonds is 3. The second kappa shape index (κ2) is 5.80. The second-order valence-corrected chi connectivity index (χ2v) is 4.70. The van der Waals surface area contributed by atoms with Gasteiger partial charge in [0, 0.05) is 19.2 Å². The number of piperidine rings is 1. The first-order chi connectivity index (χ1) is 8.20. The molecule has 94 valence electrons. The van der Waals surface area contributed by atoms with Gasteiger partial charge in [0.1, 0.15) is 0 Å². The van der Waals surface area contributed by atoms with Crippen LogP contribution in [0.2, 0.25) is 10.6 Å². The van der Waals surface area contributed by atoms with Crippen molar-refractivity contribution in [3.05, 3.63) is 10.6 Å². The van der Waals surface area contributed by atoms with Crippen LogP contribution in [0.5, 0.6) is 0 Å². The van der Waals surface area contributed by atoms with Crippen LogP contribution in [-0.2, 0) is 0 Å². The SMILES string of the molecule is OCCC1CCCCN1c1nc(Cl)nc(Cl)n1. The lowest BCUT2D eigenvalue weighted by Crippen LogP contribution is -2.41. The highest BCUT2D eigenvalue weighted by molar-refractivity contribution is 6.31. The van der Waals surface area contributed by atoms with Crippen molar-refractivity contribution in [1.82, 2.24) is 15.0 Å². The van der Waals surface area contributed by atoms with Crippen LogP contribution in [0.4, 0.5) is 5.95 Å². The summed E-state index contributed by atoms with van der Waals surface area (Å²) in [5.74, 6) is 0.508. The standard InChI is InChI=1S/C10H14Cl2N4O/c11-8-13-9(12)15-10(14-8)16-5-2-1-3-7(16)4-6-17/h7,17H,1-6H2. The number of nitrogens with zero attached hydrogens (tertiary/aromatic N) is 4. The molecule has 0 saturated carbocycles. The molecule has 7 heteroatoms. The van der Waals surface area contributed by atoms with E-state index >= 15 is 0 Å². The Labute approximate surface area is 110 Å². The molecule has 1 aliphatic heterocycles. The number of aliphatic hydroxyl groups excluding tert-OH is 1. The highest BCUT2D eigenvalue weighted by atomic mass is 35.5. The molecule has 0 spiro atoms. The molecule has 1 aromatic heterocycles. The molecule has 1 N–H and O–H groups in total. The molecule has 2 rings (SSSR count). The van der Waals surface area contributed by atoms with Gasteiger partial charge in [0.15, 0.2) is 0 Å². The maximum atomic E-state index is 9.06. The first-order valence-corrected chi connectivity index (χ1v) is 6.41. The Kier molecular flexibility index (Phi) is 4.36. The molecular weight excluding hydrogens is 263 g/mol. The minimum absolute atomic E-state index is 0.105. The number of hydrogen-bond acceptors (Lipinski definition) is 5. The minimum atomic E-state index is 0.105. The summed E-state index contributed by atoms with van der Waals surface area (Å²) in [5, 5.41) is 9.27. The molecule has 2 heterocycles. The van der Waals surface area contributed by atoms with Gasteiger partial charge in [-0.25, -0.2) is 0 Å². The predicted molar refractivity (Wildman–Crippen MR) is 66.5 cm³/mol. The monoisotopic (exact) mass is 276 g/mol. The average Bonchev–Trinajstić information content (AvgIpc) is 2.29. The number of hydrogen-bond donors (Lipinski definition) is 1. The molecule has 1 atom stereocenters. The van der Waals surface area contributed by atoms with E-state index < -0.39 is 0 Å². The highest BCUT2D eigenvalue weighted by Gasteiger charge is 2.24. The lowest BCUT2D eigenvalue weighted by atomic mass is 10.0. The van der Waals surface area contributed by atoms with Crippen molar-refractivity contribution in [2.24, 2.45) is 0 Å².